The molecule has 4 rings (SSSR count). The average Bonchev–Trinajstić information content (AvgIpc) is 3.19. The van der Waals surface area contributed by atoms with Gasteiger partial charge < -0.3 is 19.9 Å². The number of hydrogen-bond acceptors (Lipinski definition) is 3. The highest BCUT2D eigenvalue weighted by Crippen LogP contribution is 2.25. The lowest BCUT2D eigenvalue weighted by molar-refractivity contribution is 0.0469. The number of amides is 1. The Morgan fingerprint density at radius 1 is 1.24 bits per heavy atom. The molecule has 0 aliphatic carbocycles. The van der Waals surface area contributed by atoms with Gasteiger partial charge in [-0.2, -0.15) is 0 Å². The number of benzene rings is 2. The molecule has 1 atom stereocenters. The van der Waals surface area contributed by atoms with E-state index in [2.05, 4.69) is 29.0 Å². The summed E-state index contributed by atoms with van der Waals surface area (Å²) < 4.78 is 20.6. The Balaban J connectivity index is 1.41. The third kappa shape index (κ3) is 5.75. The monoisotopic (exact) mass is 471 g/mol. The van der Waals surface area contributed by atoms with Gasteiger partial charge in [-0.3, -0.25) is 4.79 Å². The van der Waals surface area contributed by atoms with Crippen molar-refractivity contribution in [2.75, 3.05) is 26.3 Å². The fraction of sp³-hybridized carbons (Fsp3) is 0.423. The molecule has 33 heavy (non-hydrogen) atoms. The van der Waals surface area contributed by atoms with E-state index in [1.165, 1.54) is 6.07 Å². The van der Waals surface area contributed by atoms with Crippen molar-refractivity contribution in [1.29, 1.82) is 0 Å². The van der Waals surface area contributed by atoms with E-state index in [4.69, 9.17) is 16.3 Å². The first-order valence-electron chi connectivity index (χ1n) is 11.6. The topological polar surface area (TPSA) is 57.4 Å². The lowest BCUT2D eigenvalue weighted by Gasteiger charge is -2.34. The van der Waals surface area contributed by atoms with Gasteiger partial charge in [0, 0.05) is 40.9 Å². The molecular weight excluding hydrogens is 441 g/mol. The number of piperidine rings is 1. The summed E-state index contributed by atoms with van der Waals surface area (Å²) in [6, 6.07) is 11.8. The van der Waals surface area contributed by atoms with Crippen LogP contribution in [0.1, 0.15) is 48.7 Å². The third-order valence-corrected chi connectivity index (χ3v) is 6.81. The number of hydrogen-bond donors (Lipinski definition) is 2. The summed E-state index contributed by atoms with van der Waals surface area (Å²) in [5.41, 5.74) is 1.67. The van der Waals surface area contributed by atoms with E-state index in [1.807, 2.05) is 0 Å². The minimum Gasteiger partial charge on any atom is -0.379 e. The number of carbonyl (C=O) groups is 1. The number of fused-ring (bicyclic) bond motifs is 1. The van der Waals surface area contributed by atoms with E-state index in [0.717, 1.165) is 36.8 Å². The molecule has 176 valence electrons. The Kier molecular flexibility index (Phi) is 7.68. The van der Waals surface area contributed by atoms with Gasteiger partial charge in [-0.1, -0.05) is 35.9 Å². The number of carbonyl (C=O) groups excluding carboxylic acids is 1. The number of likely N-dealkylation sites (tertiary alicyclic amines) is 1. The normalized spacial score (nSPS) is 16.4. The van der Waals surface area contributed by atoms with Gasteiger partial charge in [-0.25, -0.2) is 4.39 Å². The van der Waals surface area contributed by atoms with E-state index in [0.29, 0.717) is 34.7 Å². The zero-order chi connectivity index (χ0) is 23.4. The molecule has 0 radical (unpaired) electrons. The van der Waals surface area contributed by atoms with Crippen LogP contribution in [0.3, 0.4) is 0 Å². The molecule has 1 aliphatic heterocycles. The first-order valence-corrected chi connectivity index (χ1v) is 11.9. The van der Waals surface area contributed by atoms with Crippen molar-refractivity contribution in [3.05, 3.63) is 70.6 Å². The highest BCUT2D eigenvalue weighted by atomic mass is 35.5. The number of ether oxygens (including phenoxy) is 1. The summed E-state index contributed by atoms with van der Waals surface area (Å²) in [4.78, 5) is 18.6. The van der Waals surface area contributed by atoms with Crippen molar-refractivity contribution in [2.45, 2.75) is 38.8 Å². The molecule has 1 aromatic heterocycles. The Hall–Kier alpha value is -2.41. The Labute approximate surface area is 199 Å². The number of rotatable bonds is 8. The summed E-state index contributed by atoms with van der Waals surface area (Å²) in [6.45, 7) is 7.42. The summed E-state index contributed by atoms with van der Waals surface area (Å²) in [5.74, 6) is -0.162. The van der Waals surface area contributed by atoms with Crippen LogP contribution in [0.2, 0.25) is 5.02 Å². The second-order valence-corrected chi connectivity index (χ2v) is 9.46. The van der Waals surface area contributed by atoms with Gasteiger partial charge in [0.1, 0.15) is 5.82 Å². The van der Waals surface area contributed by atoms with Crippen LogP contribution in [0.5, 0.6) is 0 Å². The van der Waals surface area contributed by atoms with E-state index in [1.54, 1.807) is 42.6 Å². The summed E-state index contributed by atoms with van der Waals surface area (Å²) >= 11 is 6.14. The number of H-pyrrole nitrogens is 1. The van der Waals surface area contributed by atoms with Crippen LogP contribution in [0.25, 0.3) is 10.9 Å². The van der Waals surface area contributed by atoms with Crippen LogP contribution in [0, 0.1) is 11.7 Å². The Bertz CT molecular complexity index is 1090. The molecule has 1 unspecified atom stereocenters. The van der Waals surface area contributed by atoms with Crippen molar-refractivity contribution in [2.24, 2.45) is 5.92 Å². The molecule has 0 saturated carbocycles. The lowest BCUT2D eigenvalue weighted by atomic mass is 9.97. The quantitative estimate of drug-likeness (QED) is 0.451. The highest BCUT2D eigenvalue weighted by Gasteiger charge is 2.23. The van der Waals surface area contributed by atoms with E-state index < -0.39 is 6.04 Å². The first kappa shape index (κ1) is 23.7. The van der Waals surface area contributed by atoms with E-state index in [-0.39, 0.29) is 18.3 Å². The maximum atomic E-state index is 14.6. The Morgan fingerprint density at radius 3 is 2.73 bits per heavy atom. The van der Waals surface area contributed by atoms with Gasteiger partial charge in [-0.15, -0.1) is 0 Å². The van der Waals surface area contributed by atoms with Gasteiger partial charge in [0.05, 0.1) is 17.7 Å². The summed E-state index contributed by atoms with van der Waals surface area (Å²) in [5, 5.41) is 4.42. The zero-order valence-electron chi connectivity index (χ0n) is 19.1. The first-order chi connectivity index (χ1) is 15.9. The molecule has 1 fully saturated rings. The highest BCUT2D eigenvalue weighted by molar-refractivity contribution is 6.35. The SMILES string of the molecule is CC(C)N1CCC(COCC(NC(=O)c2ccc3c(Cl)c[nH]c3c2)c2ccccc2F)CC1. The fourth-order valence-electron chi connectivity index (χ4n) is 4.43. The smallest absolute Gasteiger partial charge is 0.251 e. The maximum Gasteiger partial charge on any atom is 0.251 e. The molecule has 2 aromatic carbocycles. The number of nitrogens with one attached hydrogen (secondary N) is 2. The zero-order valence-corrected chi connectivity index (χ0v) is 19.9. The van der Waals surface area contributed by atoms with Crippen LogP contribution in [0.15, 0.2) is 48.7 Å². The lowest BCUT2D eigenvalue weighted by Crippen LogP contribution is -2.39. The van der Waals surface area contributed by atoms with Crippen molar-refractivity contribution in [1.82, 2.24) is 15.2 Å². The molecule has 1 aliphatic rings. The van der Waals surface area contributed by atoms with Crippen LogP contribution in [-0.4, -0.2) is 48.1 Å². The minimum atomic E-state index is -0.586. The van der Waals surface area contributed by atoms with E-state index in [9.17, 15) is 9.18 Å². The van der Waals surface area contributed by atoms with Crippen molar-refractivity contribution < 1.29 is 13.9 Å². The maximum absolute atomic E-state index is 14.6. The second-order valence-electron chi connectivity index (χ2n) is 9.06. The molecular formula is C26H31ClFN3O2. The van der Waals surface area contributed by atoms with Gasteiger partial charge in [0.25, 0.3) is 5.91 Å². The van der Waals surface area contributed by atoms with Gasteiger partial charge >= 0.3 is 0 Å². The molecule has 0 spiro atoms. The predicted molar refractivity (Wildman–Crippen MR) is 130 cm³/mol. The number of halogens is 2. The number of aromatic amines is 1. The number of aromatic nitrogens is 1. The molecule has 1 amide bonds. The second kappa shape index (κ2) is 10.7. The fourth-order valence-corrected chi connectivity index (χ4v) is 4.65. The summed E-state index contributed by atoms with van der Waals surface area (Å²) in [7, 11) is 0. The molecule has 3 aromatic rings. The molecule has 5 nitrogen and oxygen atoms in total. The third-order valence-electron chi connectivity index (χ3n) is 6.50. The van der Waals surface area contributed by atoms with Gasteiger partial charge in [0.15, 0.2) is 0 Å². The summed E-state index contributed by atoms with van der Waals surface area (Å²) in [6.07, 6.45) is 3.87. The predicted octanol–water partition coefficient (Wildman–Crippen LogP) is 5.57. The van der Waals surface area contributed by atoms with Crippen molar-refractivity contribution in [3.63, 3.8) is 0 Å². The van der Waals surface area contributed by atoms with Gasteiger partial charge in [0.2, 0.25) is 0 Å². The molecule has 1 saturated heterocycles. The van der Waals surface area contributed by atoms with Crippen molar-refractivity contribution in [3.8, 4) is 0 Å². The van der Waals surface area contributed by atoms with Crippen LogP contribution in [0.4, 0.5) is 4.39 Å². The molecule has 7 heteroatoms. The molecule has 2 N–H and O–H groups in total. The Morgan fingerprint density at radius 2 is 2.00 bits per heavy atom. The largest absolute Gasteiger partial charge is 0.379 e. The van der Waals surface area contributed by atoms with Crippen LogP contribution in [-0.2, 0) is 4.74 Å². The molecule has 0 bridgehead atoms. The van der Waals surface area contributed by atoms with Gasteiger partial charge in [-0.05, 0) is 63.9 Å². The van der Waals surface area contributed by atoms with Crippen molar-refractivity contribution >= 4 is 28.4 Å². The molecule has 2 heterocycles. The van der Waals surface area contributed by atoms with Crippen LogP contribution < -0.4 is 5.32 Å². The average molecular weight is 472 g/mol. The number of nitrogens with zero attached hydrogens (tertiary/aromatic N) is 1. The minimum absolute atomic E-state index is 0.216. The van der Waals surface area contributed by atoms with E-state index >= 15 is 0 Å². The standard InChI is InChI=1S/C26H31ClFN3O2/c1-17(2)31-11-9-18(10-12-31)15-33-16-25(21-5-3-4-6-23(21)28)30-26(32)19-7-8-20-22(27)14-29-24(20)13-19/h3-8,13-14,17-18,25,29H,9-12,15-16H2,1-2H3,(H,30,32). The van der Waals surface area contributed by atoms with Crippen LogP contribution >= 0.6 is 11.6 Å².